The van der Waals surface area contributed by atoms with Crippen LogP contribution >= 0.6 is 0 Å². The molecule has 0 bridgehead atoms. The molecule has 16 heavy (non-hydrogen) atoms. The van der Waals surface area contributed by atoms with Crippen molar-refractivity contribution in [2.45, 2.75) is 12.5 Å². The Morgan fingerprint density at radius 2 is 2.25 bits per heavy atom. The first kappa shape index (κ1) is 11.1. The van der Waals surface area contributed by atoms with E-state index in [1.165, 1.54) is 0 Å². The second-order valence-electron chi connectivity index (χ2n) is 4.09. The number of nitrogens with two attached hydrogens (primary N) is 1. The maximum absolute atomic E-state index is 5.83. The van der Waals surface area contributed by atoms with Gasteiger partial charge in [0.2, 0.25) is 0 Å². The first-order chi connectivity index (χ1) is 7.70. The predicted molar refractivity (Wildman–Crippen MR) is 65.0 cm³/mol. The number of ether oxygens (including phenoxy) is 2. The molecule has 88 valence electrons. The van der Waals surface area contributed by atoms with Crippen molar-refractivity contribution in [3.05, 3.63) is 18.2 Å². The molecule has 1 aromatic rings. The average molecular weight is 222 g/mol. The van der Waals surface area contributed by atoms with Gasteiger partial charge >= 0.3 is 0 Å². The molecule has 1 aromatic carbocycles. The summed E-state index contributed by atoms with van der Waals surface area (Å²) in [5.41, 5.74) is 7.63. The molecule has 1 atom stereocenters. The predicted octanol–water partition coefficient (Wildman–Crippen LogP) is 1.50. The van der Waals surface area contributed by atoms with E-state index in [1.54, 1.807) is 7.11 Å². The molecule has 4 nitrogen and oxygen atoms in total. The molecule has 1 unspecified atom stereocenters. The number of benzene rings is 1. The fourth-order valence-electron chi connectivity index (χ4n) is 1.97. The number of nitrogens with zero attached hydrogens (tertiary/aromatic N) is 1. The third kappa shape index (κ3) is 2.22. The van der Waals surface area contributed by atoms with Crippen molar-refractivity contribution >= 4 is 11.4 Å². The number of hydrogen-bond acceptors (Lipinski definition) is 4. The van der Waals surface area contributed by atoms with Gasteiger partial charge in [-0.25, -0.2) is 0 Å². The van der Waals surface area contributed by atoms with Crippen LogP contribution in [0.5, 0.6) is 5.75 Å². The minimum Gasteiger partial charge on any atom is -0.497 e. The third-order valence-electron chi connectivity index (χ3n) is 3.01. The van der Waals surface area contributed by atoms with Gasteiger partial charge in [0.05, 0.1) is 19.8 Å². The first-order valence-electron chi connectivity index (χ1n) is 5.46. The summed E-state index contributed by atoms with van der Waals surface area (Å²) < 4.78 is 10.6. The minimum absolute atomic E-state index is 0.437. The van der Waals surface area contributed by atoms with Crippen LogP contribution in [0.4, 0.5) is 11.4 Å². The highest BCUT2D eigenvalue weighted by atomic mass is 16.5. The van der Waals surface area contributed by atoms with E-state index in [0.29, 0.717) is 6.04 Å². The standard InChI is InChI=1S/C12H18N2O2/c1-14(10-3-4-16-8-10)11-5-9(13)6-12(7-11)15-2/h5-7,10H,3-4,8,13H2,1-2H3. The van der Waals surface area contributed by atoms with Crippen molar-refractivity contribution in [1.29, 1.82) is 0 Å². The number of nitrogen functional groups attached to an aromatic ring is 1. The lowest BCUT2D eigenvalue weighted by Gasteiger charge is -2.26. The molecule has 0 radical (unpaired) electrons. The Balaban J connectivity index is 2.21. The van der Waals surface area contributed by atoms with E-state index in [4.69, 9.17) is 15.2 Å². The lowest BCUT2D eigenvalue weighted by atomic mass is 10.2. The third-order valence-corrected chi connectivity index (χ3v) is 3.01. The SMILES string of the molecule is COc1cc(N)cc(N(C)C2CCOC2)c1. The molecule has 0 saturated carbocycles. The monoisotopic (exact) mass is 222 g/mol. The largest absolute Gasteiger partial charge is 0.497 e. The molecule has 0 amide bonds. The fourth-order valence-corrected chi connectivity index (χ4v) is 1.97. The van der Waals surface area contributed by atoms with Crippen LogP contribution < -0.4 is 15.4 Å². The van der Waals surface area contributed by atoms with Crippen molar-refractivity contribution in [2.75, 3.05) is 38.0 Å². The second kappa shape index (κ2) is 4.61. The molecule has 2 rings (SSSR count). The van der Waals surface area contributed by atoms with Gasteiger partial charge in [0.25, 0.3) is 0 Å². The van der Waals surface area contributed by atoms with Crippen LogP contribution in [0.25, 0.3) is 0 Å². The van der Waals surface area contributed by atoms with Crippen molar-refractivity contribution in [3.63, 3.8) is 0 Å². The van der Waals surface area contributed by atoms with Crippen LogP contribution in [0.3, 0.4) is 0 Å². The summed E-state index contributed by atoms with van der Waals surface area (Å²) >= 11 is 0. The Morgan fingerprint density at radius 1 is 1.44 bits per heavy atom. The molecular weight excluding hydrogens is 204 g/mol. The first-order valence-corrected chi connectivity index (χ1v) is 5.46. The molecule has 1 saturated heterocycles. The Hall–Kier alpha value is -1.42. The molecule has 4 heteroatoms. The Labute approximate surface area is 95.9 Å². The highest BCUT2D eigenvalue weighted by Crippen LogP contribution is 2.27. The summed E-state index contributed by atoms with van der Waals surface area (Å²) in [5, 5.41) is 0. The zero-order chi connectivity index (χ0) is 11.5. The van der Waals surface area contributed by atoms with Crippen LogP contribution in [0.15, 0.2) is 18.2 Å². The molecule has 0 aromatic heterocycles. The molecule has 1 heterocycles. The maximum Gasteiger partial charge on any atom is 0.122 e. The second-order valence-corrected chi connectivity index (χ2v) is 4.09. The van der Waals surface area contributed by atoms with Crippen molar-refractivity contribution < 1.29 is 9.47 Å². The van der Waals surface area contributed by atoms with E-state index in [0.717, 1.165) is 36.8 Å². The summed E-state index contributed by atoms with van der Waals surface area (Å²) in [4.78, 5) is 2.20. The summed E-state index contributed by atoms with van der Waals surface area (Å²) in [5.74, 6) is 0.792. The van der Waals surface area contributed by atoms with E-state index in [-0.39, 0.29) is 0 Å². The van der Waals surface area contributed by atoms with Gasteiger partial charge in [0.15, 0.2) is 0 Å². The molecule has 1 fully saturated rings. The van der Waals surface area contributed by atoms with Crippen molar-refractivity contribution in [1.82, 2.24) is 0 Å². The van der Waals surface area contributed by atoms with Crippen molar-refractivity contribution in [2.24, 2.45) is 0 Å². The van der Waals surface area contributed by atoms with Gasteiger partial charge in [0, 0.05) is 37.2 Å². The average Bonchev–Trinajstić information content (AvgIpc) is 2.80. The van der Waals surface area contributed by atoms with E-state index >= 15 is 0 Å². The molecule has 2 N–H and O–H groups in total. The highest BCUT2D eigenvalue weighted by Gasteiger charge is 2.21. The van der Waals surface area contributed by atoms with Crippen LogP contribution in [-0.4, -0.2) is 33.4 Å². The quantitative estimate of drug-likeness (QED) is 0.787. The number of likely N-dealkylation sites (N-methyl/N-ethyl adjacent to an activating group) is 1. The zero-order valence-corrected chi connectivity index (χ0v) is 9.77. The van der Waals surface area contributed by atoms with Crippen LogP contribution in [-0.2, 0) is 4.74 Å². The van der Waals surface area contributed by atoms with E-state index in [1.807, 2.05) is 18.2 Å². The normalized spacial score (nSPS) is 19.8. The number of rotatable bonds is 3. The molecular formula is C12H18N2O2. The van der Waals surface area contributed by atoms with Crippen LogP contribution in [0, 0.1) is 0 Å². The van der Waals surface area contributed by atoms with Crippen molar-refractivity contribution in [3.8, 4) is 5.75 Å². The smallest absolute Gasteiger partial charge is 0.122 e. The van der Waals surface area contributed by atoms with E-state index in [9.17, 15) is 0 Å². The van der Waals surface area contributed by atoms with Gasteiger partial charge in [-0.1, -0.05) is 0 Å². The van der Waals surface area contributed by atoms with Gasteiger partial charge in [-0.05, 0) is 12.5 Å². The summed E-state index contributed by atoms with van der Waals surface area (Å²) in [7, 11) is 3.71. The van der Waals surface area contributed by atoms with Gasteiger partial charge in [-0.3, -0.25) is 0 Å². The maximum atomic E-state index is 5.83. The topological polar surface area (TPSA) is 47.7 Å². The number of anilines is 2. The van der Waals surface area contributed by atoms with E-state index in [2.05, 4.69) is 11.9 Å². The Kier molecular flexibility index (Phi) is 3.19. The lowest BCUT2D eigenvalue weighted by molar-refractivity contribution is 0.193. The molecule has 0 aliphatic carbocycles. The molecule has 1 aliphatic heterocycles. The van der Waals surface area contributed by atoms with Gasteiger partial charge in [-0.2, -0.15) is 0 Å². The summed E-state index contributed by atoms with van der Waals surface area (Å²) in [6.07, 6.45) is 1.06. The zero-order valence-electron chi connectivity index (χ0n) is 9.77. The fraction of sp³-hybridized carbons (Fsp3) is 0.500. The Bertz CT molecular complexity index is 362. The van der Waals surface area contributed by atoms with Crippen LogP contribution in [0.1, 0.15) is 6.42 Å². The highest BCUT2D eigenvalue weighted by molar-refractivity contribution is 5.60. The van der Waals surface area contributed by atoms with Gasteiger partial charge in [-0.15, -0.1) is 0 Å². The summed E-state index contributed by atoms with van der Waals surface area (Å²) in [6.45, 7) is 1.63. The van der Waals surface area contributed by atoms with Gasteiger partial charge < -0.3 is 20.1 Å². The number of hydrogen-bond donors (Lipinski definition) is 1. The van der Waals surface area contributed by atoms with Gasteiger partial charge in [0.1, 0.15) is 5.75 Å². The van der Waals surface area contributed by atoms with Crippen LogP contribution in [0.2, 0.25) is 0 Å². The molecule has 0 spiro atoms. The minimum atomic E-state index is 0.437. The lowest BCUT2D eigenvalue weighted by Crippen LogP contribution is -2.31. The number of methoxy groups -OCH3 is 1. The Morgan fingerprint density at radius 3 is 2.88 bits per heavy atom. The summed E-state index contributed by atoms with van der Waals surface area (Å²) in [6, 6.07) is 6.21. The van der Waals surface area contributed by atoms with E-state index < -0.39 is 0 Å². The molecule has 1 aliphatic rings.